The van der Waals surface area contributed by atoms with E-state index in [1.807, 2.05) is 49.5 Å². The van der Waals surface area contributed by atoms with Crippen LogP contribution in [0, 0.1) is 0 Å². The number of benzene rings is 1. The quantitative estimate of drug-likeness (QED) is 0.746. The zero-order valence-electron chi connectivity index (χ0n) is 10.1. The van der Waals surface area contributed by atoms with Gasteiger partial charge in [-0.3, -0.25) is 0 Å². The average Bonchev–Trinajstić information content (AvgIpc) is 2.85. The molecule has 0 bridgehead atoms. The Morgan fingerprint density at radius 3 is 2.72 bits per heavy atom. The molecule has 4 nitrogen and oxygen atoms in total. The van der Waals surface area contributed by atoms with Crippen LogP contribution in [-0.2, 0) is 0 Å². The molecule has 3 rings (SSSR count). The SMILES string of the molecule is C[C@@H](N)c1cc2nccn2nc1-c1ccccc1. The third-order valence-corrected chi connectivity index (χ3v) is 2.95. The predicted molar refractivity (Wildman–Crippen MR) is 71.0 cm³/mol. The van der Waals surface area contributed by atoms with E-state index < -0.39 is 0 Å². The van der Waals surface area contributed by atoms with Crippen LogP contribution in [-0.4, -0.2) is 14.6 Å². The molecule has 0 amide bonds. The van der Waals surface area contributed by atoms with Crippen molar-refractivity contribution in [3.05, 3.63) is 54.4 Å². The molecule has 2 heterocycles. The molecule has 0 fully saturated rings. The van der Waals surface area contributed by atoms with Crippen LogP contribution in [0.25, 0.3) is 16.9 Å². The number of hydrogen-bond acceptors (Lipinski definition) is 3. The summed E-state index contributed by atoms with van der Waals surface area (Å²) in [7, 11) is 0. The van der Waals surface area contributed by atoms with Crippen molar-refractivity contribution in [2.24, 2.45) is 5.73 Å². The van der Waals surface area contributed by atoms with Crippen LogP contribution in [0.5, 0.6) is 0 Å². The van der Waals surface area contributed by atoms with Gasteiger partial charge in [-0.1, -0.05) is 30.3 Å². The summed E-state index contributed by atoms with van der Waals surface area (Å²) in [6, 6.07) is 12.0. The smallest absolute Gasteiger partial charge is 0.153 e. The standard InChI is InChI=1S/C14H14N4/c1-10(15)12-9-13-16-7-8-18(13)17-14(12)11-5-3-2-4-6-11/h2-10H,15H2,1H3/t10-/m1/s1. The lowest BCUT2D eigenvalue weighted by Crippen LogP contribution is -2.09. The number of aromatic nitrogens is 3. The van der Waals surface area contributed by atoms with Gasteiger partial charge >= 0.3 is 0 Å². The van der Waals surface area contributed by atoms with E-state index in [2.05, 4.69) is 10.1 Å². The van der Waals surface area contributed by atoms with Gasteiger partial charge in [0.2, 0.25) is 0 Å². The van der Waals surface area contributed by atoms with Gasteiger partial charge in [0, 0.05) is 29.6 Å². The molecular weight excluding hydrogens is 224 g/mol. The second-order valence-electron chi connectivity index (χ2n) is 4.33. The van der Waals surface area contributed by atoms with E-state index in [1.54, 1.807) is 10.7 Å². The molecule has 2 aromatic heterocycles. The lowest BCUT2D eigenvalue weighted by atomic mass is 10.0. The van der Waals surface area contributed by atoms with Crippen molar-refractivity contribution in [1.82, 2.24) is 14.6 Å². The molecule has 0 aliphatic carbocycles. The van der Waals surface area contributed by atoms with E-state index >= 15 is 0 Å². The molecule has 0 spiro atoms. The maximum atomic E-state index is 6.03. The molecule has 1 aromatic carbocycles. The molecule has 90 valence electrons. The minimum absolute atomic E-state index is 0.0746. The van der Waals surface area contributed by atoms with Crippen molar-refractivity contribution in [2.75, 3.05) is 0 Å². The zero-order chi connectivity index (χ0) is 12.5. The second-order valence-corrected chi connectivity index (χ2v) is 4.33. The van der Waals surface area contributed by atoms with Crippen molar-refractivity contribution in [1.29, 1.82) is 0 Å². The third kappa shape index (κ3) is 1.76. The number of nitrogens with two attached hydrogens (primary N) is 1. The molecule has 3 aromatic rings. The number of fused-ring (bicyclic) bond motifs is 1. The lowest BCUT2D eigenvalue weighted by Gasteiger charge is -2.12. The maximum absolute atomic E-state index is 6.03. The number of hydrogen-bond donors (Lipinski definition) is 1. The van der Waals surface area contributed by atoms with E-state index in [4.69, 9.17) is 5.73 Å². The molecule has 0 saturated carbocycles. The normalized spacial score (nSPS) is 12.8. The van der Waals surface area contributed by atoms with Crippen molar-refractivity contribution < 1.29 is 0 Å². The van der Waals surface area contributed by atoms with Crippen LogP contribution in [0.2, 0.25) is 0 Å². The number of imidazole rings is 1. The summed E-state index contributed by atoms with van der Waals surface area (Å²) < 4.78 is 1.77. The Balaban J connectivity index is 2.28. The van der Waals surface area contributed by atoms with Crippen molar-refractivity contribution in [3.8, 4) is 11.3 Å². The van der Waals surface area contributed by atoms with E-state index in [9.17, 15) is 0 Å². The van der Waals surface area contributed by atoms with Gasteiger partial charge in [0.1, 0.15) is 0 Å². The van der Waals surface area contributed by atoms with Crippen LogP contribution >= 0.6 is 0 Å². The van der Waals surface area contributed by atoms with Gasteiger partial charge in [0.05, 0.1) is 5.69 Å². The first-order valence-electron chi connectivity index (χ1n) is 5.91. The highest BCUT2D eigenvalue weighted by Gasteiger charge is 2.12. The van der Waals surface area contributed by atoms with Gasteiger partial charge in [-0.25, -0.2) is 9.50 Å². The third-order valence-electron chi connectivity index (χ3n) is 2.95. The van der Waals surface area contributed by atoms with Crippen LogP contribution in [0.1, 0.15) is 18.5 Å². The summed E-state index contributed by atoms with van der Waals surface area (Å²) in [6.07, 6.45) is 3.58. The minimum atomic E-state index is -0.0746. The van der Waals surface area contributed by atoms with Gasteiger partial charge < -0.3 is 5.73 Å². The Morgan fingerprint density at radius 2 is 2.00 bits per heavy atom. The van der Waals surface area contributed by atoms with Crippen LogP contribution in [0.4, 0.5) is 0 Å². The van der Waals surface area contributed by atoms with Gasteiger partial charge in [0.25, 0.3) is 0 Å². The first-order valence-corrected chi connectivity index (χ1v) is 5.91. The van der Waals surface area contributed by atoms with Crippen LogP contribution in [0.15, 0.2) is 48.8 Å². The highest BCUT2D eigenvalue weighted by molar-refractivity contribution is 5.65. The number of rotatable bonds is 2. The topological polar surface area (TPSA) is 56.2 Å². The molecule has 0 radical (unpaired) electrons. The summed E-state index contributed by atoms with van der Waals surface area (Å²) in [6.45, 7) is 1.96. The summed E-state index contributed by atoms with van der Waals surface area (Å²) in [4.78, 5) is 4.24. The van der Waals surface area contributed by atoms with Crippen molar-refractivity contribution in [3.63, 3.8) is 0 Å². The minimum Gasteiger partial charge on any atom is -0.324 e. The highest BCUT2D eigenvalue weighted by atomic mass is 15.2. The first-order chi connectivity index (χ1) is 8.75. The fourth-order valence-corrected chi connectivity index (χ4v) is 2.04. The molecule has 4 heteroatoms. The zero-order valence-corrected chi connectivity index (χ0v) is 10.1. The Hall–Kier alpha value is -2.20. The molecular formula is C14H14N4. The van der Waals surface area contributed by atoms with E-state index in [0.717, 1.165) is 22.5 Å². The Morgan fingerprint density at radius 1 is 1.22 bits per heavy atom. The molecule has 2 N–H and O–H groups in total. The van der Waals surface area contributed by atoms with Gasteiger partial charge in [-0.15, -0.1) is 0 Å². The summed E-state index contributed by atoms with van der Waals surface area (Å²) in [5, 5.41) is 4.60. The molecule has 0 unspecified atom stereocenters. The summed E-state index contributed by atoms with van der Waals surface area (Å²) in [5.41, 5.74) is 9.85. The molecule has 0 saturated heterocycles. The van der Waals surface area contributed by atoms with Crippen LogP contribution in [0.3, 0.4) is 0 Å². The molecule has 0 aliphatic rings. The van der Waals surface area contributed by atoms with Gasteiger partial charge in [0.15, 0.2) is 5.65 Å². The molecule has 1 atom stereocenters. The molecule has 0 aliphatic heterocycles. The van der Waals surface area contributed by atoms with Gasteiger partial charge in [-0.05, 0) is 13.0 Å². The summed E-state index contributed by atoms with van der Waals surface area (Å²) >= 11 is 0. The van der Waals surface area contributed by atoms with Crippen molar-refractivity contribution in [2.45, 2.75) is 13.0 Å². The number of nitrogens with zero attached hydrogens (tertiary/aromatic N) is 3. The average molecular weight is 238 g/mol. The molecule has 18 heavy (non-hydrogen) atoms. The van der Waals surface area contributed by atoms with Crippen molar-refractivity contribution >= 4 is 5.65 Å². The largest absolute Gasteiger partial charge is 0.324 e. The Bertz CT molecular complexity index is 671. The monoisotopic (exact) mass is 238 g/mol. The van der Waals surface area contributed by atoms with E-state index in [-0.39, 0.29) is 6.04 Å². The second kappa shape index (κ2) is 4.23. The fraction of sp³-hybridized carbons (Fsp3) is 0.143. The van der Waals surface area contributed by atoms with Gasteiger partial charge in [-0.2, -0.15) is 5.10 Å². The maximum Gasteiger partial charge on any atom is 0.153 e. The lowest BCUT2D eigenvalue weighted by molar-refractivity contribution is 0.798. The Kier molecular flexibility index (Phi) is 2.57. The fourth-order valence-electron chi connectivity index (χ4n) is 2.04. The predicted octanol–water partition coefficient (Wildman–Crippen LogP) is 2.42. The first kappa shape index (κ1) is 10.9. The van der Waals surface area contributed by atoms with Crippen LogP contribution < -0.4 is 5.73 Å². The highest BCUT2D eigenvalue weighted by Crippen LogP contribution is 2.25. The van der Waals surface area contributed by atoms with E-state index in [0.29, 0.717) is 0 Å². The Labute approximate surface area is 105 Å². The van der Waals surface area contributed by atoms with E-state index in [1.165, 1.54) is 0 Å². The summed E-state index contributed by atoms with van der Waals surface area (Å²) in [5.74, 6) is 0.